The van der Waals surface area contributed by atoms with Gasteiger partial charge in [-0.15, -0.1) is 0 Å². The zero-order chi connectivity index (χ0) is 15.2. The molecule has 0 aliphatic rings. The molecule has 0 atom stereocenters. The Morgan fingerprint density at radius 1 is 1.14 bits per heavy atom. The number of hydrogen-bond donors (Lipinski definition) is 1. The lowest BCUT2D eigenvalue weighted by Crippen LogP contribution is -2.04. The van der Waals surface area contributed by atoms with Gasteiger partial charge in [0.2, 0.25) is 0 Å². The first kappa shape index (κ1) is 15.6. The van der Waals surface area contributed by atoms with Crippen LogP contribution in [0, 0.1) is 0 Å². The molecule has 3 nitrogen and oxygen atoms in total. The van der Waals surface area contributed by atoms with Gasteiger partial charge in [0.15, 0.2) is 0 Å². The van der Waals surface area contributed by atoms with Gasteiger partial charge < -0.3 is 10.1 Å². The summed E-state index contributed by atoms with van der Waals surface area (Å²) in [7, 11) is 0. The highest BCUT2D eigenvalue weighted by atomic mass is 35.5. The largest absolute Gasteiger partial charge is 0.487 e. The third kappa shape index (κ3) is 4.36. The van der Waals surface area contributed by atoms with Gasteiger partial charge in [-0.2, -0.15) is 0 Å². The Hall–Kier alpha value is -1.74. The van der Waals surface area contributed by atoms with Crippen LogP contribution in [0.25, 0.3) is 0 Å². The topological polar surface area (TPSA) is 34.1 Å². The highest BCUT2D eigenvalue weighted by Gasteiger charge is 2.06. The SMILES string of the molecule is CCNc1ccc(Cl)c(COc2ccc(C(C)C)cc2)n1. The standard InChI is InChI=1S/C17H21ClN2O/c1-4-19-17-10-9-15(18)16(20-17)11-21-14-7-5-13(6-8-14)12(2)3/h5-10,12H,4,11H2,1-3H3,(H,19,20). The van der Waals surface area contributed by atoms with Crippen LogP contribution in [0.4, 0.5) is 5.82 Å². The molecular formula is C17H21ClN2O. The molecule has 21 heavy (non-hydrogen) atoms. The number of rotatable bonds is 6. The fourth-order valence-corrected chi connectivity index (χ4v) is 2.13. The van der Waals surface area contributed by atoms with Gasteiger partial charge in [-0.1, -0.05) is 37.6 Å². The van der Waals surface area contributed by atoms with Crippen molar-refractivity contribution in [3.05, 3.63) is 52.7 Å². The zero-order valence-electron chi connectivity index (χ0n) is 12.7. The molecule has 0 radical (unpaired) electrons. The molecule has 2 rings (SSSR count). The second kappa shape index (κ2) is 7.32. The van der Waals surface area contributed by atoms with Gasteiger partial charge in [0, 0.05) is 6.54 Å². The number of halogens is 1. The Labute approximate surface area is 131 Å². The van der Waals surface area contributed by atoms with Gasteiger partial charge in [0.1, 0.15) is 18.2 Å². The van der Waals surface area contributed by atoms with E-state index in [1.165, 1.54) is 5.56 Å². The molecule has 0 bridgehead atoms. The maximum absolute atomic E-state index is 6.16. The minimum Gasteiger partial charge on any atom is -0.487 e. The maximum Gasteiger partial charge on any atom is 0.132 e. The minimum absolute atomic E-state index is 0.360. The Morgan fingerprint density at radius 2 is 1.86 bits per heavy atom. The Balaban J connectivity index is 2.03. The Morgan fingerprint density at radius 3 is 2.48 bits per heavy atom. The van der Waals surface area contributed by atoms with Crippen molar-refractivity contribution in [3.8, 4) is 5.75 Å². The number of anilines is 1. The van der Waals surface area contributed by atoms with Crippen LogP contribution < -0.4 is 10.1 Å². The molecule has 0 saturated heterocycles. The first-order valence-corrected chi connectivity index (χ1v) is 7.60. The van der Waals surface area contributed by atoms with Crippen molar-refractivity contribution in [2.75, 3.05) is 11.9 Å². The minimum atomic E-state index is 0.360. The lowest BCUT2D eigenvalue weighted by molar-refractivity contribution is 0.301. The molecule has 2 aromatic rings. The number of nitrogens with zero attached hydrogens (tertiary/aromatic N) is 1. The molecule has 1 aromatic carbocycles. The molecule has 0 aliphatic carbocycles. The summed E-state index contributed by atoms with van der Waals surface area (Å²) in [4.78, 5) is 4.45. The second-order valence-corrected chi connectivity index (χ2v) is 5.57. The van der Waals surface area contributed by atoms with E-state index in [9.17, 15) is 0 Å². The summed E-state index contributed by atoms with van der Waals surface area (Å²) in [6.07, 6.45) is 0. The first-order valence-electron chi connectivity index (χ1n) is 7.22. The van der Waals surface area contributed by atoms with Gasteiger partial charge >= 0.3 is 0 Å². The van der Waals surface area contributed by atoms with Crippen molar-refractivity contribution in [2.45, 2.75) is 33.3 Å². The van der Waals surface area contributed by atoms with E-state index in [2.05, 4.69) is 36.3 Å². The highest BCUT2D eigenvalue weighted by molar-refractivity contribution is 6.31. The van der Waals surface area contributed by atoms with Crippen molar-refractivity contribution in [3.63, 3.8) is 0 Å². The number of nitrogens with one attached hydrogen (secondary N) is 1. The molecule has 0 fully saturated rings. The lowest BCUT2D eigenvalue weighted by Gasteiger charge is -2.11. The van der Waals surface area contributed by atoms with Crippen LogP contribution in [0.1, 0.15) is 37.9 Å². The molecular weight excluding hydrogens is 284 g/mol. The van der Waals surface area contributed by atoms with Gasteiger partial charge in [-0.05, 0) is 42.7 Å². The van der Waals surface area contributed by atoms with Crippen molar-refractivity contribution in [1.82, 2.24) is 4.98 Å². The van der Waals surface area contributed by atoms with Crippen molar-refractivity contribution in [1.29, 1.82) is 0 Å². The summed E-state index contributed by atoms with van der Waals surface area (Å²) in [6, 6.07) is 11.9. The van der Waals surface area contributed by atoms with E-state index < -0.39 is 0 Å². The number of benzene rings is 1. The smallest absolute Gasteiger partial charge is 0.132 e. The van der Waals surface area contributed by atoms with E-state index in [-0.39, 0.29) is 0 Å². The van der Waals surface area contributed by atoms with Crippen LogP contribution in [-0.2, 0) is 6.61 Å². The fourth-order valence-electron chi connectivity index (χ4n) is 1.97. The molecule has 0 spiro atoms. The summed E-state index contributed by atoms with van der Waals surface area (Å²) < 4.78 is 5.77. The number of aromatic nitrogens is 1. The van der Waals surface area contributed by atoms with Crippen LogP contribution in [-0.4, -0.2) is 11.5 Å². The van der Waals surface area contributed by atoms with E-state index in [0.717, 1.165) is 23.8 Å². The number of pyridine rings is 1. The van der Waals surface area contributed by atoms with Crippen LogP contribution >= 0.6 is 11.6 Å². The fraction of sp³-hybridized carbons (Fsp3) is 0.353. The summed E-state index contributed by atoms with van der Waals surface area (Å²) >= 11 is 6.16. The third-order valence-corrected chi connectivity index (χ3v) is 3.54. The Bertz CT molecular complexity index is 582. The lowest BCUT2D eigenvalue weighted by atomic mass is 10.0. The highest BCUT2D eigenvalue weighted by Crippen LogP contribution is 2.21. The van der Waals surface area contributed by atoms with Crippen molar-refractivity contribution in [2.24, 2.45) is 0 Å². The first-order chi connectivity index (χ1) is 10.1. The summed E-state index contributed by atoms with van der Waals surface area (Å²) in [6.45, 7) is 7.56. The quantitative estimate of drug-likeness (QED) is 0.826. The normalized spacial score (nSPS) is 10.7. The maximum atomic E-state index is 6.16. The van der Waals surface area contributed by atoms with E-state index in [4.69, 9.17) is 16.3 Å². The summed E-state index contributed by atoms with van der Waals surface area (Å²) in [5.41, 5.74) is 2.04. The van der Waals surface area contributed by atoms with E-state index in [1.54, 1.807) is 0 Å². The summed E-state index contributed by atoms with van der Waals surface area (Å²) in [5, 5.41) is 3.79. The predicted molar refractivity (Wildman–Crippen MR) is 88.3 cm³/mol. The summed E-state index contributed by atoms with van der Waals surface area (Å²) in [5.74, 6) is 2.16. The van der Waals surface area contributed by atoms with Crippen molar-refractivity contribution >= 4 is 17.4 Å². The van der Waals surface area contributed by atoms with Crippen LogP contribution in [0.5, 0.6) is 5.75 Å². The Kier molecular flexibility index (Phi) is 5.45. The van der Waals surface area contributed by atoms with Crippen LogP contribution in [0.15, 0.2) is 36.4 Å². The van der Waals surface area contributed by atoms with Gasteiger partial charge in [-0.3, -0.25) is 0 Å². The third-order valence-electron chi connectivity index (χ3n) is 3.20. The molecule has 1 N–H and O–H groups in total. The molecule has 0 unspecified atom stereocenters. The second-order valence-electron chi connectivity index (χ2n) is 5.17. The average Bonchev–Trinajstić information content (AvgIpc) is 2.48. The van der Waals surface area contributed by atoms with Crippen molar-refractivity contribution < 1.29 is 4.74 Å². The van der Waals surface area contributed by atoms with Gasteiger partial charge in [-0.25, -0.2) is 4.98 Å². The molecule has 4 heteroatoms. The molecule has 0 amide bonds. The van der Waals surface area contributed by atoms with E-state index >= 15 is 0 Å². The van der Waals surface area contributed by atoms with Gasteiger partial charge in [0.25, 0.3) is 0 Å². The molecule has 0 saturated carbocycles. The monoisotopic (exact) mass is 304 g/mol. The average molecular weight is 305 g/mol. The molecule has 112 valence electrons. The van der Waals surface area contributed by atoms with Crippen LogP contribution in [0.2, 0.25) is 5.02 Å². The van der Waals surface area contributed by atoms with E-state index in [1.807, 2.05) is 31.2 Å². The molecule has 0 aliphatic heterocycles. The van der Waals surface area contributed by atoms with E-state index in [0.29, 0.717) is 17.5 Å². The number of ether oxygens (including phenoxy) is 1. The predicted octanol–water partition coefficient (Wildman–Crippen LogP) is 4.87. The zero-order valence-corrected chi connectivity index (χ0v) is 13.4. The molecule has 1 aromatic heterocycles. The molecule has 1 heterocycles. The van der Waals surface area contributed by atoms with Crippen LogP contribution in [0.3, 0.4) is 0 Å². The van der Waals surface area contributed by atoms with Gasteiger partial charge in [0.05, 0.1) is 10.7 Å². The number of hydrogen-bond acceptors (Lipinski definition) is 3.